The molecule has 1 aliphatic heterocycles. The Balaban J connectivity index is 1.60. The van der Waals surface area contributed by atoms with Gasteiger partial charge in [-0.25, -0.2) is 9.97 Å². The monoisotopic (exact) mass is 442 g/mol. The van der Waals surface area contributed by atoms with E-state index in [-0.39, 0.29) is 5.91 Å². The molecule has 8 heteroatoms. The van der Waals surface area contributed by atoms with Gasteiger partial charge >= 0.3 is 0 Å². The Bertz CT molecular complexity index is 878. The number of likely N-dealkylation sites (N-methyl/N-ethyl adjacent to an activating group) is 2. The fraction of sp³-hybridized carbons (Fsp3) is 0.522. The van der Waals surface area contributed by atoms with Gasteiger partial charge in [-0.3, -0.25) is 4.79 Å². The average molecular weight is 443 g/mol. The largest absolute Gasteiger partial charge is 0.354 e. The molecule has 0 unspecified atom stereocenters. The molecule has 1 fully saturated rings. The van der Waals surface area contributed by atoms with E-state index in [0.29, 0.717) is 12.1 Å². The summed E-state index contributed by atoms with van der Waals surface area (Å²) in [5.41, 5.74) is 4.04. The second-order valence-corrected chi connectivity index (χ2v) is 9.32. The maximum Gasteiger partial charge on any atom is 0.251 e. The van der Waals surface area contributed by atoms with Crippen molar-refractivity contribution in [2.45, 2.75) is 24.8 Å². The van der Waals surface area contributed by atoms with Crippen molar-refractivity contribution in [3.8, 4) is 0 Å². The number of aryl methyl sites for hydroxylation is 1. The number of nitrogens with zero attached hydrogens (tertiary/aromatic N) is 5. The zero-order chi connectivity index (χ0) is 22.4. The Morgan fingerprint density at radius 2 is 1.77 bits per heavy atom. The second kappa shape index (κ2) is 10.9. The van der Waals surface area contributed by atoms with Gasteiger partial charge in [0.15, 0.2) is 5.16 Å². The number of piperazine rings is 1. The minimum Gasteiger partial charge on any atom is -0.354 e. The minimum absolute atomic E-state index is 0.0321. The van der Waals surface area contributed by atoms with Crippen LogP contribution >= 0.6 is 11.8 Å². The number of amides is 1. The first-order valence-corrected chi connectivity index (χ1v) is 11.8. The van der Waals surface area contributed by atoms with Crippen LogP contribution in [-0.4, -0.2) is 86.1 Å². The molecule has 2 aromatic rings. The SMILES string of the molecule is Cc1nc(SCc2ccc(C(=O)NCCN(C)C)cc2)nc(N2CCN(C)CC2)c1C. The summed E-state index contributed by atoms with van der Waals surface area (Å²) in [6.07, 6.45) is 0. The van der Waals surface area contributed by atoms with Crippen LogP contribution in [0, 0.1) is 13.8 Å². The van der Waals surface area contributed by atoms with E-state index in [2.05, 4.69) is 36.0 Å². The Kier molecular flexibility index (Phi) is 8.28. The zero-order valence-corrected chi connectivity index (χ0v) is 20.1. The number of benzene rings is 1. The summed E-state index contributed by atoms with van der Waals surface area (Å²) in [7, 11) is 6.15. The molecule has 7 nitrogen and oxygen atoms in total. The maximum absolute atomic E-state index is 12.2. The number of hydrogen-bond acceptors (Lipinski definition) is 7. The first-order valence-electron chi connectivity index (χ1n) is 10.8. The molecule has 1 aromatic heterocycles. The highest BCUT2D eigenvalue weighted by atomic mass is 32.2. The molecule has 0 aliphatic carbocycles. The van der Waals surface area contributed by atoms with Crippen LogP contribution in [0.15, 0.2) is 29.4 Å². The quantitative estimate of drug-likeness (QED) is 0.498. The van der Waals surface area contributed by atoms with E-state index in [0.717, 1.165) is 60.7 Å². The predicted octanol–water partition coefficient (Wildman–Crippen LogP) is 2.43. The third-order valence-electron chi connectivity index (χ3n) is 5.57. The average Bonchev–Trinajstić information content (AvgIpc) is 2.75. The number of carbonyl (C=O) groups excluding carboxylic acids is 1. The van der Waals surface area contributed by atoms with E-state index >= 15 is 0 Å². The van der Waals surface area contributed by atoms with Crippen LogP contribution < -0.4 is 10.2 Å². The summed E-state index contributed by atoms with van der Waals surface area (Å²) in [5.74, 6) is 1.80. The topological polar surface area (TPSA) is 64.6 Å². The van der Waals surface area contributed by atoms with E-state index in [1.807, 2.05) is 43.3 Å². The number of thioether (sulfide) groups is 1. The van der Waals surface area contributed by atoms with Crippen LogP contribution in [0.3, 0.4) is 0 Å². The maximum atomic E-state index is 12.2. The van der Waals surface area contributed by atoms with Crippen molar-refractivity contribution >= 4 is 23.5 Å². The van der Waals surface area contributed by atoms with Gasteiger partial charge in [-0.1, -0.05) is 23.9 Å². The fourth-order valence-corrected chi connectivity index (χ4v) is 4.22. The molecule has 1 saturated heterocycles. The molecule has 1 amide bonds. The molecule has 0 saturated carbocycles. The van der Waals surface area contributed by atoms with Gasteiger partial charge in [0.1, 0.15) is 5.82 Å². The van der Waals surface area contributed by atoms with Crippen LogP contribution in [0.2, 0.25) is 0 Å². The summed E-state index contributed by atoms with van der Waals surface area (Å²) in [6.45, 7) is 9.74. The standard InChI is InChI=1S/C23H34N6OS/c1-17-18(2)25-23(26-21(17)29-14-12-28(5)13-15-29)31-16-19-6-8-20(9-7-19)22(30)24-10-11-27(3)4/h6-9H,10-16H2,1-5H3,(H,24,30). The predicted molar refractivity (Wildman–Crippen MR) is 128 cm³/mol. The zero-order valence-electron chi connectivity index (χ0n) is 19.3. The molecule has 168 valence electrons. The van der Waals surface area contributed by atoms with E-state index in [9.17, 15) is 4.79 Å². The van der Waals surface area contributed by atoms with Gasteiger partial charge in [-0.15, -0.1) is 0 Å². The number of hydrogen-bond donors (Lipinski definition) is 1. The van der Waals surface area contributed by atoms with Crippen LogP contribution in [0.25, 0.3) is 0 Å². The van der Waals surface area contributed by atoms with Crippen molar-refractivity contribution in [2.75, 3.05) is 65.3 Å². The van der Waals surface area contributed by atoms with Gasteiger partial charge in [0.25, 0.3) is 5.91 Å². The lowest BCUT2D eigenvalue weighted by molar-refractivity contribution is 0.0951. The molecular formula is C23H34N6OS. The Hall–Kier alpha value is -2.16. The molecule has 2 heterocycles. The third kappa shape index (κ3) is 6.66. The first-order chi connectivity index (χ1) is 14.8. The van der Waals surface area contributed by atoms with Crippen LogP contribution in [-0.2, 0) is 5.75 Å². The Labute approximate surface area is 190 Å². The third-order valence-corrected chi connectivity index (χ3v) is 6.49. The molecule has 1 aromatic carbocycles. The van der Waals surface area contributed by atoms with Crippen molar-refractivity contribution < 1.29 is 4.79 Å². The number of nitrogens with one attached hydrogen (secondary N) is 1. The van der Waals surface area contributed by atoms with Gasteiger partial charge in [0.05, 0.1) is 0 Å². The molecule has 31 heavy (non-hydrogen) atoms. The smallest absolute Gasteiger partial charge is 0.251 e. The van der Waals surface area contributed by atoms with Crippen molar-refractivity contribution in [2.24, 2.45) is 0 Å². The van der Waals surface area contributed by atoms with E-state index in [4.69, 9.17) is 9.97 Å². The van der Waals surface area contributed by atoms with Gasteiger partial charge in [-0.05, 0) is 52.7 Å². The highest BCUT2D eigenvalue weighted by Gasteiger charge is 2.19. The Morgan fingerprint density at radius 3 is 2.42 bits per heavy atom. The molecule has 0 spiro atoms. The second-order valence-electron chi connectivity index (χ2n) is 8.38. The van der Waals surface area contributed by atoms with Gasteiger partial charge in [-0.2, -0.15) is 0 Å². The Morgan fingerprint density at radius 1 is 1.10 bits per heavy atom. The van der Waals surface area contributed by atoms with Crippen LogP contribution in [0.1, 0.15) is 27.2 Å². The molecule has 3 rings (SSSR count). The summed E-state index contributed by atoms with van der Waals surface area (Å²) < 4.78 is 0. The van der Waals surface area contributed by atoms with E-state index < -0.39 is 0 Å². The van der Waals surface area contributed by atoms with E-state index in [1.54, 1.807) is 11.8 Å². The molecule has 0 bridgehead atoms. The molecule has 0 radical (unpaired) electrons. The number of carbonyl (C=O) groups is 1. The van der Waals surface area contributed by atoms with Crippen molar-refractivity contribution in [3.63, 3.8) is 0 Å². The number of aromatic nitrogens is 2. The van der Waals surface area contributed by atoms with Gasteiger partial charge in [0.2, 0.25) is 0 Å². The van der Waals surface area contributed by atoms with Crippen molar-refractivity contribution in [1.82, 2.24) is 25.1 Å². The first kappa shape index (κ1) is 23.5. The highest BCUT2D eigenvalue weighted by molar-refractivity contribution is 7.98. The lowest BCUT2D eigenvalue weighted by atomic mass is 10.1. The lowest BCUT2D eigenvalue weighted by Gasteiger charge is -2.34. The summed E-state index contributed by atoms with van der Waals surface area (Å²) in [5, 5.41) is 3.75. The van der Waals surface area contributed by atoms with E-state index in [1.165, 1.54) is 5.56 Å². The number of rotatable bonds is 8. The van der Waals surface area contributed by atoms with Crippen molar-refractivity contribution in [3.05, 3.63) is 46.6 Å². The van der Waals surface area contributed by atoms with Crippen LogP contribution in [0.5, 0.6) is 0 Å². The molecular weight excluding hydrogens is 408 g/mol. The molecule has 1 aliphatic rings. The highest BCUT2D eigenvalue weighted by Crippen LogP contribution is 2.26. The summed E-state index contributed by atoms with van der Waals surface area (Å²) in [6, 6.07) is 7.79. The summed E-state index contributed by atoms with van der Waals surface area (Å²) in [4.78, 5) is 28.6. The minimum atomic E-state index is -0.0321. The fourth-order valence-electron chi connectivity index (χ4n) is 3.37. The number of anilines is 1. The normalized spacial score (nSPS) is 14.8. The molecule has 0 atom stereocenters. The van der Waals surface area contributed by atoms with Crippen molar-refractivity contribution in [1.29, 1.82) is 0 Å². The lowest BCUT2D eigenvalue weighted by Crippen LogP contribution is -2.45. The van der Waals surface area contributed by atoms with Gasteiger partial charge < -0.3 is 20.0 Å². The molecule has 1 N–H and O–H groups in total. The van der Waals surface area contributed by atoms with Gasteiger partial charge in [0, 0.05) is 61.8 Å². The van der Waals surface area contributed by atoms with Crippen LogP contribution in [0.4, 0.5) is 5.82 Å². The summed E-state index contributed by atoms with van der Waals surface area (Å²) >= 11 is 1.64.